The van der Waals surface area contributed by atoms with Gasteiger partial charge in [0.1, 0.15) is 6.04 Å². The quantitative estimate of drug-likeness (QED) is 0.503. The monoisotopic (exact) mass is 533 g/mol. The molecule has 8 nitrogen and oxygen atoms in total. The standard InChI is InChI=1S/C24H24ClN3O5S2/c25-20-13-11-19(12-14-20)17-26-24(29)23-18-27(34(30,31)21-7-3-1-4-8-21)15-16-28(23)35(32,33)22-9-5-2-6-10-22/h1-14,23H,15-18H2,(H,26,29)/t23-/m1/s1. The summed E-state index contributed by atoms with van der Waals surface area (Å²) in [5.41, 5.74) is 0.768. The number of amides is 1. The molecule has 4 rings (SSSR count). The van der Waals surface area contributed by atoms with E-state index in [-0.39, 0.29) is 36.0 Å². The maximum atomic E-state index is 13.4. The molecule has 0 radical (unpaired) electrons. The molecular formula is C24H24ClN3O5S2. The molecule has 11 heteroatoms. The lowest BCUT2D eigenvalue weighted by atomic mass is 10.2. The van der Waals surface area contributed by atoms with Crippen molar-refractivity contribution in [3.8, 4) is 0 Å². The average molecular weight is 534 g/mol. The molecule has 1 fully saturated rings. The Kier molecular flexibility index (Phi) is 7.58. The Bertz CT molecular complexity index is 1380. The van der Waals surface area contributed by atoms with Crippen LogP contribution < -0.4 is 5.32 Å². The highest BCUT2D eigenvalue weighted by molar-refractivity contribution is 7.89. The number of nitrogens with zero attached hydrogens (tertiary/aromatic N) is 2. The van der Waals surface area contributed by atoms with Crippen LogP contribution in [0, 0.1) is 0 Å². The third-order valence-electron chi connectivity index (χ3n) is 5.71. The van der Waals surface area contributed by atoms with E-state index in [0.717, 1.165) is 14.2 Å². The van der Waals surface area contributed by atoms with Gasteiger partial charge in [-0.15, -0.1) is 0 Å². The minimum Gasteiger partial charge on any atom is -0.351 e. The van der Waals surface area contributed by atoms with Crippen molar-refractivity contribution in [1.82, 2.24) is 13.9 Å². The first-order chi connectivity index (χ1) is 16.7. The number of hydrogen-bond acceptors (Lipinski definition) is 5. The fourth-order valence-corrected chi connectivity index (χ4v) is 7.02. The fourth-order valence-electron chi connectivity index (χ4n) is 3.84. The SMILES string of the molecule is O=C(NCc1ccc(Cl)cc1)[C@H]1CN(S(=O)(=O)c2ccccc2)CCN1S(=O)(=O)c1ccccc1. The smallest absolute Gasteiger partial charge is 0.243 e. The molecule has 3 aromatic carbocycles. The molecular weight excluding hydrogens is 510 g/mol. The van der Waals surface area contributed by atoms with Crippen molar-refractivity contribution in [2.24, 2.45) is 0 Å². The summed E-state index contributed by atoms with van der Waals surface area (Å²) in [6, 6.07) is 21.3. The van der Waals surface area contributed by atoms with Crippen molar-refractivity contribution in [3.05, 3.63) is 95.5 Å². The Morgan fingerprint density at radius 2 is 1.34 bits per heavy atom. The first-order valence-electron chi connectivity index (χ1n) is 10.8. The van der Waals surface area contributed by atoms with Crippen LogP contribution in [0.4, 0.5) is 0 Å². The summed E-state index contributed by atoms with van der Waals surface area (Å²) in [5, 5.41) is 3.29. The average Bonchev–Trinajstić information content (AvgIpc) is 2.89. The van der Waals surface area contributed by atoms with E-state index in [1.54, 1.807) is 60.7 Å². The van der Waals surface area contributed by atoms with Gasteiger partial charge in [0.2, 0.25) is 26.0 Å². The number of piperazine rings is 1. The normalized spacial score (nSPS) is 17.7. The number of nitrogens with one attached hydrogen (secondary N) is 1. The van der Waals surface area contributed by atoms with Crippen LogP contribution >= 0.6 is 11.6 Å². The summed E-state index contributed by atoms with van der Waals surface area (Å²) in [4.78, 5) is 13.4. The van der Waals surface area contributed by atoms with E-state index in [9.17, 15) is 21.6 Å². The van der Waals surface area contributed by atoms with Crippen molar-refractivity contribution in [3.63, 3.8) is 0 Å². The number of carbonyl (C=O) groups excluding carboxylic acids is 1. The molecule has 0 saturated carbocycles. The lowest BCUT2D eigenvalue weighted by molar-refractivity contribution is -0.126. The molecule has 0 spiro atoms. The van der Waals surface area contributed by atoms with E-state index in [4.69, 9.17) is 11.6 Å². The second-order valence-electron chi connectivity index (χ2n) is 7.96. The van der Waals surface area contributed by atoms with Crippen LogP contribution in [0.5, 0.6) is 0 Å². The Balaban J connectivity index is 1.62. The van der Waals surface area contributed by atoms with Gasteiger partial charge in [-0.1, -0.05) is 60.1 Å². The van der Waals surface area contributed by atoms with Crippen LogP contribution in [0.1, 0.15) is 5.56 Å². The molecule has 1 atom stereocenters. The van der Waals surface area contributed by atoms with Gasteiger partial charge < -0.3 is 5.32 Å². The molecule has 1 aliphatic heterocycles. The zero-order valence-corrected chi connectivity index (χ0v) is 21.0. The number of sulfonamides is 2. The molecule has 3 aromatic rings. The predicted molar refractivity (Wildman–Crippen MR) is 133 cm³/mol. The number of benzene rings is 3. The van der Waals surface area contributed by atoms with Crippen LogP contribution in [-0.2, 0) is 31.4 Å². The van der Waals surface area contributed by atoms with Crippen LogP contribution in [0.15, 0.2) is 94.7 Å². The van der Waals surface area contributed by atoms with Crippen molar-refractivity contribution in [2.75, 3.05) is 19.6 Å². The Morgan fingerprint density at radius 3 is 1.91 bits per heavy atom. The molecule has 0 bridgehead atoms. The van der Waals surface area contributed by atoms with Crippen LogP contribution in [0.25, 0.3) is 0 Å². The molecule has 0 aromatic heterocycles. The van der Waals surface area contributed by atoms with Crippen molar-refractivity contribution < 1.29 is 21.6 Å². The summed E-state index contributed by atoms with van der Waals surface area (Å²) >= 11 is 5.91. The van der Waals surface area contributed by atoms with Gasteiger partial charge in [0.15, 0.2) is 0 Å². The summed E-state index contributed by atoms with van der Waals surface area (Å²) in [6.45, 7) is -0.417. The number of hydrogen-bond donors (Lipinski definition) is 1. The highest BCUT2D eigenvalue weighted by Gasteiger charge is 2.43. The maximum Gasteiger partial charge on any atom is 0.243 e. The van der Waals surface area contributed by atoms with E-state index in [1.165, 1.54) is 24.3 Å². The van der Waals surface area contributed by atoms with Gasteiger partial charge in [0.05, 0.1) is 9.79 Å². The Morgan fingerprint density at radius 1 is 0.800 bits per heavy atom. The third-order valence-corrected chi connectivity index (χ3v) is 9.76. The number of halogens is 1. The van der Waals surface area contributed by atoms with Crippen LogP contribution in [-0.4, -0.2) is 57.0 Å². The van der Waals surface area contributed by atoms with E-state index in [0.29, 0.717) is 5.02 Å². The van der Waals surface area contributed by atoms with Gasteiger partial charge in [-0.3, -0.25) is 4.79 Å². The van der Waals surface area contributed by atoms with E-state index >= 15 is 0 Å². The largest absolute Gasteiger partial charge is 0.351 e. The highest BCUT2D eigenvalue weighted by atomic mass is 35.5. The van der Waals surface area contributed by atoms with Gasteiger partial charge in [-0.25, -0.2) is 16.8 Å². The molecule has 0 aliphatic carbocycles. The first kappa shape index (κ1) is 25.3. The maximum absolute atomic E-state index is 13.4. The zero-order valence-electron chi connectivity index (χ0n) is 18.6. The van der Waals surface area contributed by atoms with E-state index in [2.05, 4.69) is 5.32 Å². The van der Waals surface area contributed by atoms with Gasteiger partial charge in [-0.2, -0.15) is 8.61 Å². The highest BCUT2D eigenvalue weighted by Crippen LogP contribution is 2.25. The summed E-state index contributed by atoms with van der Waals surface area (Å²) in [7, 11) is -7.96. The molecule has 184 valence electrons. The minimum absolute atomic E-state index is 0.0369. The number of carbonyl (C=O) groups is 1. The molecule has 1 heterocycles. The molecule has 1 saturated heterocycles. The van der Waals surface area contributed by atoms with E-state index in [1.807, 2.05) is 0 Å². The Labute approximate surface area is 210 Å². The van der Waals surface area contributed by atoms with Gasteiger partial charge in [-0.05, 0) is 42.0 Å². The van der Waals surface area contributed by atoms with Crippen LogP contribution in [0.2, 0.25) is 5.02 Å². The lowest BCUT2D eigenvalue weighted by Gasteiger charge is -2.38. The van der Waals surface area contributed by atoms with Crippen molar-refractivity contribution >= 4 is 37.6 Å². The molecule has 1 aliphatic rings. The van der Waals surface area contributed by atoms with Crippen molar-refractivity contribution in [2.45, 2.75) is 22.4 Å². The van der Waals surface area contributed by atoms with Gasteiger partial charge in [0, 0.05) is 31.2 Å². The predicted octanol–water partition coefficient (Wildman–Crippen LogP) is 2.72. The van der Waals surface area contributed by atoms with Gasteiger partial charge >= 0.3 is 0 Å². The van der Waals surface area contributed by atoms with Gasteiger partial charge in [0.25, 0.3) is 0 Å². The first-order valence-corrected chi connectivity index (χ1v) is 14.1. The third kappa shape index (κ3) is 5.57. The van der Waals surface area contributed by atoms with Crippen molar-refractivity contribution in [1.29, 1.82) is 0 Å². The topological polar surface area (TPSA) is 104 Å². The zero-order chi connectivity index (χ0) is 25.1. The number of rotatable bonds is 7. The molecule has 35 heavy (non-hydrogen) atoms. The Hall–Kier alpha value is -2.76. The molecule has 1 amide bonds. The van der Waals surface area contributed by atoms with Crippen LogP contribution in [0.3, 0.4) is 0 Å². The second-order valence-corrected chi connectivity index (χ2v) is 12.2. The summed E-state index contributed by atoms with van der Waals surface area (Å²) in [6.07, 6.45) is 0. The fraction of sp³-hybridized carbons (Fsp3) is 0.208. The molecule has 0 unspecified atom stereocenters. The van der Waals surface area contributed by atoms with E-state index < -0.39 is 32.0 Å². The summed E-state index contributed by atoms with van der Waals surface area (Å²) in [5.74, 6) is -0.590. The lowest BCUT2D eigenvalue weighted by Crippen LogP contribution is -2.61. The molecule has 1 N–H and O–H groups in total. The summed E-state index contributed by atoms with van der Waals surface area (Å²) < 4.78 is 55.5. The minimum atomic E-state index is -4.04. The second kappa shape index (κ2) is 10.5.